The van der Waals surface area contributed by atoms with Crippen LogP contribution in [-0.2, 0) is 14.3 Å². The molecular weight excluding hydrogens is 312 g/mol. The Balaban J connectivity index is 2.74. The van der Waals surface area contributed by atoms with Gasteiger partial charge < -0.3 is 14.2 Å². The molecule has 0 heterocycles. The molecule has 0 aliphatic heterocycles. The highest BCUT2D eigenvalue weighted by Gasteiger charge is 2.23. The molecule has 124 valence electrons. The molecule has 0 bridgehead atoms. The highest BCUT2D eigenvalue weighted by atomic mass is 16.5. The van der Waals surface area contributed by atoms with Gasteiger partial charge in [-0.2, -0.15) is 0 Å². The molecule has 6 nitrogen and oxygen atoms in total. The molecule has 2 aromatic rings. The number of hydrogen-bond donors (Lipinski definition) is 0. The Bertz CT molecular complexity index is 780. The molecule has 0 amide bonds. The van der Waals surface area contributed by atoms with Gasteiger partial charge in [0.25, 0.3) is 0 Å². The molecule has 0 aromatic heterocycles. The van der Waals surface area contributed by atoms with Crippen molar-refractivity contribution >= 4 is 17.9 Å². The van der Waals surface area contributed by atoms with Crippen molar-refractivity contribution in [3.05, 3.63) is 53.6 Å². The van der Waals surface area contributed by atoms with E-state index < -0.39 is 17.9 Å². The summed E-state index contributed by atoms with van der Waals surface area (Å²) in [5, 5.41) is 0. The fourth-order valence-corrected chi connectivity index (χ4v) is 2.22. The van der Waals surface area contributed by atoms with Crippen LogP contribution in [0.5, 0.6) is 5.75 Å². The van der Waals surface area contributed by atoms with E-state index in [1.54, 1.807) is 24.3 Å². The molecule has 2 aromatic carbocycles. The maximum Gasteiger partial charge on any atom is 0.341 e. The first-order chi connectivity index (χ1) is 11.5. The molecule has 2 rings (SSSR count). The predicted octanol–water partition coefficient (Wildman–Crippen LogP) is 2.85. The van der Waals surface area contributed by atoms with Crippen molar-refractivity contribution in [3.63, 3.8) is 0 Å². The number of esters is 3. The van der Waals surface area contributed by atoms with E-state index in [9.17, 15) is 14.4 Å². The monoisotopic (exact) mass is 328 g/mol. The first kappa shape index (κ1) is 17.2. The summed E-state index contributed by atoms with van der Waals surface area (Å²) in [6, 6.07) is 11.8. The zero-order valence-corrected chi connectivity index (χ0v) is 13.5. The lowest BCUT2D eigenvalue weighted by Gasteiger charge is -2.14. The summed E-state index contributed by atoms with van der Waals surface area (Å²) in [5.41, 5.74) is 1.39. The summed E-state index contributed by atoms with van der Waals surface area (Å²) >= 11 is 0. The second-order valence-corrected chi connectivity index (χ2v) is 4.84. The van der Waals surface area contributed by atoms with Crippen molar-refractivity contribution in [2.75, 3.05) is 14.2 Å². The number of carbonyl (C=O) groups is 3. The van der Waals surface area contributed by atoms with Gasteiger partial charge in [0.05, 0.1) is 19.8 Å². The second-order valence-electron chi connectivity index (χ2n) is 4.84. The largest absolute Gasteiger partial charge is 0.465 e. The first-order valence-electron chi connectivity index (χ1n) is 7.06. The van der Waals surface area contributed by atoms with Crippen molar-refractivity contribution in [2.24, 2.45) is 0 Å². The molecular formula is C18H16O6. The Kier molecular flexibility index (Phi) is 5.31. The van der Waals surface area contributed by atoms with E-state index in [2.05, 4.69) is 0 Å². The van der Waals surface area contributed by atoms with Gasteiger partial charge in [-0.05, 0) is 23.3 Å². The predicted molar refractivity (Wildman–Crippen MR) is 85.9 cm³/mol. The van der Waals surface area contributed by atoms with Crippen LogP contribution in [0.4, 0.5) is 0 Å². The summed E-state index contributed by atoms with van der Waals surface area (Å²) < 4.78 is 14.6. The van der Waals surface area contributed by atoms with Crippen molar-refractivity contribution in [2.45, 2.75) is 6.92 Å². The highest BCUT2D eigenvalue weighted by molar-refractivity contribution is 6.02. The molecule has 6 heteroatoms. The molecule has 0 atom stereocenters. The van der Waals surface area contributed by atoms with Crippen LogP contribution in [0.3, 0.4) is 0 Å². The number of rotatable bonds is 4. The van der Waals surface area contributed by atoms with Gasteiger partial charge in [0.15, 0.2) is 0 Å². The lowest BCUT2D eigenvalue weighted by atomic mass is 9.96. The standard InChI is InChI=1S/C18H16O6/c1-11(19)24-16-10-14(17(20)22-2)13(9-15(16)18(21)23-3)12-7-5-4-6-8-12/h4-10H,1-3H3. The van der Waals surface area contributed by atoms with E-state index in [0.29, 0.717) is 11.1 Å². The van der Waals surface area contributed by atoms with Gasteiger partial charge >= 0.3 is 17.9 Å². The first-order valence-corrected chi connectivity index (χ1v) is 7.06. The van der Waals surface area contributed by atoms with Crippen LogP contribution in [0.2, 0.25) is 0 Å². The number of benzene rings is 2. The van der Waals surface area contributed by atoms with Crippen LogP contribution in [0, 0.1) is 0 Å². The van der Waals surface area contributed by atoms with Crippen LogP contribution in [0.25, 0.3) is 11.1 Å². The molecule has 0 unspecified atom stereocenters. The van der Waals surface area contributed by atoms with Crippen LogP contribution in [-0.4, -0.2) is 32.1 Å². The number of carbonyl (C=O) groups excluding carboxylic acids is 3. The van der Waals surface area contributed by atoms with E-state index in [1.807, 2.05) is 6.07 Å². The van der Waals surface area contributed by atoms with Crippen LogP contribution in [0.1, 0.15) is 27.6 Å². The number of methoxy groups -OCH3 is 2. The van der Waals surface area contributed by atoms with E-state index in [0.717, 1.165) is 0 Å². The van der Waals surface area contributed by atoms with Crippen LogP contribution in [0.15, 0.2) is 42.5 Å². The van der Waals surface area contributed by atoms with Crippen LogP contribution < -0.4 is 4.74 Å². The SMILES string of the molecule is COC(=O)c1cc(-c2ccccc2)c(C(=O)OC)cc1OC(C)=O. The van der Waals surface area contributed by atoms with Gasteiger partial charge in [-0.25, -0.2) is 9.59 Å². The molecule has 0 spiro atoms. The fourth-order valence-electron chi connectivity index (χ4n) is 2.22. The summed E-state index contributed by atoms with van der Waals surface area (Å²) in [4.78, 5) is 35.4. The Hall–Kier alpha value is -3.15. The van der Waals surface area contributed by atoms with Crippen molar-refractivity contribution in [3.8, 4) is 16.9 Å². The summed E-state index contributed by atoms with van der Waals surface area (Å²) in [5.74, 6) is -1.98. The molecule has 24 heavy (non-hydrogen) atoms. The molecule has 0 aliphatic carbocycles. The third-order valence-electron chi connectivity index (χ3n) is 3.27. The lowest BCUT2D eigenvalue weighted by molar-refractivity contribution is -0.131. The molecule has 0 radical (unpaired) electrons. The summed E-state index contributed by atoms with van der Waals surface area (Å²) in [6.07, 6.45) is 0. The Morgan fingerprint density at radius 2 is 1.42 bits per heavy atom. The molecule has 0 saturated heterocycles. The van der Waals surface area contributed by atoms with E-state index in [-0.39, 0.29) is 16.9 Å². The van der Waals surface area contributed by atoms with Gasteiger partial charge in [0.2, 0.25) is 0 Å². The molecule has 0 N–H and O–H groups in total. The maximum absolute atomic E-state index is 12.1. The summed E-state index contributed by atoms with van der Waals surface area (Å²) in [7, 11) is 2.47. The number of ether oxygens (including phenoxy) is 3. The van der Waals surface area contributed by atoms with Gasteiger partial charge in [0, 0.05) is 6.92 Å². The minimum absolute atomic E-state index is 0.0409. The summed E-state index contributed by atoms with van der Waals surface area (Å²) in [6.45, 7) is 1.20. The molecule has 0 saturated carbocycles. The zero-order chi connectivity index (χ0) is 17.7. The molecule has 0 fully saturated rings. The molecule has 0 aliphatic rings. The van der Waals surface area contributed by atoms with E-state index in [1.165, 1.54) is 33.3 Å². The van der Waals surface area contributed by atoms with E-state index in [4.69, 9.17) is 14.2 Å². The van der Waals surface area contributed by atoms with Crippen molar-refractivity contribution in [1.29, 1.82) is 0 Å². The average Bonchev–Trinajstić information content (AvgIpc) is 2.60. The Morgan fingerprint density at radius 1 is 0.833 bits per heavy atom. The zero-order valence-electron chi connectivity index (χ0n) is 13.5. The van der Waals surface area contributed by atoms with Crippen molar-refractivity contribution in [1.82, 2.24) is 0 Å². The average molecular weight is 328 g/mol. The topological polar surface area (TPSA) is 78.9 Å². The highest BCUT2D eigenvalue weighted by Crippen LogP contribution is 2.32. The van der Waals surface area contributed by atoms with Crippen LogP contribution >= 0.6 is 0 Å². The van der Waals surface area contributed by atoms with Gasteiger partial charge in [-0.3, -0.25) is 4.79 Å². The third kappa shape index (κ3) is 3.60. The Labute approximate surface area is 139 Å². The van der Waals surface area contributed by atoms with E-state index >= 15 is 0 Å². The van der Waals surface area contributed by atoms with Gasteiger partial charge in [-0.15, -0.1) is 0 Å². The second kappa shape index (κ2) is 7.41. The minimum atomic E-state index is -0.681. The van der Waals surface area contributed by atoms with Crippen molar-refractivity contribution < 1.29 is 28.6 Å². The normalized spacial score (nSPS) is 9.96. The third-order valence-corrected chi connectivity index (χ3v) is 3.27. The minimum Gasteiger partial charge on any atom is -0.465 e. The smallest absolute Gasteiger partial charge is 0.341 e. The fraction of sp³-hybridized carbons (Fsp3) is 0.167. The maximum atomic E-state index is 12.1. The van der Waals surface area contributed by atoms with Gasteiger partial charge in [0.1, 0.15) is 11.3 Å². The van der Waals surface area contributed by atoms with Gasteiger partial charge in [-0.1, -0.05) is 30.3 Å². The Morgan fingerprint density at radius 3 is 1.96 bits per heavy atom. The number of hydrogen-bond acceptors (Lipinski definition) is 6. The lowest BCUT2D eigenvalue weighted by Crippen LogP contribution is -2.12. The quantitative estimate of drug-likeness (QED) is 0.634.